The van der Waals surface area contributed by atoms with Crippen LogP contribution in [0.25, 0.3) is 11.0 Å². The Labute approximate surface area is 159 Å². The molecule has 1 saturated heterocycles. The molecule has 0 amide bonds. The van der Waals surface area contributed by atoms with E-state index in [1.54, 1.807) is 6.20 Å². The van der Waals surface area contributed by atoms with Gasteiger partial charge in [-0.1, -0.05) is 19.1 Å². The van der Waals surface area contributed by atoms with E-state index in [4.69, 9.17) is 16.0 Å². The van der Waals surface area contributed by atoms with E-state index < -0.39 is 0 Å². The zero-order valence-electron chi connectivity index (χ0n) is 15.5. The summed E-state index contributed by atoms with van der Waals surface area (Å²) in [7, 11) is 0. The number of nitriles is 1. The van der Waals surface area contributed by atoms with Crippen molar-refractivity contribution in [1.82, 2.24) is 14.5 Å². The Morgan fingerprint density at radius 1 is 1.30 bits per heavy atom. The molecule has 0 aliphatic carbocycles. The summed E-state index contributed by atoms with van der Waals surface area (Å²) < 4.78 is 2.29. The van der Waals surface area contributed by atoms with Crippen LogP contribution in [0.4, 0.5) is 5.95 Å². The highest BCUT2D eigenvalue weighted by molar-refractivity contribution is 5.79. The van der Waals surface area contributed by atoms with Crippen LogP contribution in [0.3, 0.4) is 0 Å². The molecule has 2 N–H and O–H groups in total. The van der Waals surface area contributed by atoms with E-state index in [-0.39, 0.29) is 12.1 Å². The number of imidazole rings is 1. The third-order valence-electron chi connectivity index (χ3n) is 5.27. The van der Waals surface area contributed by atoms with Crippen LogP contribution in [0, 0.1) is 11.3 Å². The number of hydrogen-bond acceptors (Lipinski definition) is 5. The van der Waals surface area contributed by atoms with Gasteiger partial charge in [-0.15, -0.1) is 0 Å². The Morgan fingerprint density at radius 3 is 2.85 bits per heavy atom. The quantitative estimate of drug-likeness (QED) is 0.772. The van der Waals surface area contributed by atoms with Crippen LogP contribution in [0.5, 0.6) is 0 Å². The van der Waals surface area contributed by atoms with Gasteiger partial charge in [0.2, 0.25) is 5.95 Å². The van der Waals surface area contributed by atoms with Crippen LogP contribution >= 0.6 is 0 Å². The number of fused-ring (bicyclic) bond motifs is 1. The molecule has 2 aromatic heterocycles. The largest absolute Gasteiger partial charge is 0.341 e. The Bertz CT molecular complexity index is 968. The lowest BCUT2D eigenvalue weighted by Crippen LogP contribution is -2.44. The summed E-state index contributed by atoms with van der Waals surface area (Å²) in [5.74, 6) is 0.962. The van der Waals surface area contributed by atoms with Gasteiger partial charge in [0.1, 0.15) is 6.07 Å². The number of piperidine rings is 1. The Kier molecular flexibility index (Phi) is 4.78. The van der Waals surface area contributed by atoms with Gasteiger partial charge in [0.15, 0.2) is 0 Å². The molecule has 0 radical (unpaired) electrons. The highest BCUT2D eigenvalue weighted by Crippen LogP contribution is 2.33. The molecule has 0 spiro atoms. The molecule has 138 valence electrons. The standard InChI is InChI=1S/C21H24N6/c1-2-19(17-10-9-15(12-22)13-24-17)27-20-8-4-3-7-18(20)25-21(27)26-11-5-6-16(23)14-26/h3-4,7-10,13,16,19H,2,5-6,11,14,23H2,1H3/t16-,19+/m0/s1. The van der Waals surface area contributed by atoms with Gasteiger partial charge in [-0.05, 0) is 43.5 Å². The van der Waals surface area contributed by atoms with Crippen LogP contribution in [-0.4, -0.2) is 33.7 Å². The molecule has 6 heteroatoms. The van der Waals surface area contributed by atoms with E-state index in [1.165, 1.54) is 0 Å². The molecule has 2 atom stereocenters. The second kappa shape index (κ2) is 7.37. The van der Waals surface area contributed by atoms with Crippen LogP contribution in [0.15, 0.2) is 42.6 Å². The van der Waals surface area contributed by atoms with Gasteiger partial charge in [0, 0.05) is 25.3 Å². The second-order valence-electron chi connectivity index (χ2n) is 7.13. The van der Waals surface area contributed by atoms with Gasteiger partial charge in [-0.2, -0.15) is 5.26 Å². The SMILES string of the molecule is CC[C@H](c1ccc(C#N)cn1)n1c(N2CCC[C@H](N)C2)nc2ccccc21. The summed E-state index contributed by atoms with van der Waals surface area (Å²) in [5, 5.41) is 9.07. The zero-order valence-corrected chi connectivity index (χ0v) is 15.5. The number of para-hydroxylation sites is 2. The van der Waals surface area contributed by atoms with E-state index >= 15 is 0 Å². The smallest absolute Gasteiger partial charge is 0.207 e. The fraction of sp³-hybridized carbons (Fsp3) is 0.381. The van der Waals surface area contributed by atoms with Crippen molar-refractivity contribution in [3.63, 3.8) is 0 Å². The molecule has 3 heterocycles. The monoisotopic (exact) mass is 360 g/mol. The number of rotatable bonds is 4. The van der Waals surface area contributed by atoms with E-state index in [0.717, 1.165) is 55.0 Å². The molecule has 6 nitrogen and oxygen atoms in total. The molecule has 1 aliphatic heterocycles. The topological polar surface area (TPSA) is 83.8 Å². The fourth-order valence-corrected chi connectivity index (χ4v) is 3.95. The van der Waals surface area contributed by atoms with Crippen molar-refractivity contribution in [3.05, 3.63) is 53.9 Å². The van der Waals surface area contributed by atoms with Gasteiger partial charge in [0.05, 0.1) is 28.3 Å². The lowest BCUT2D eigenvalue weighted by Gasteiger charge is -2.33. The molecular weight excluding hydrogens is 336 g/mol. The third kappa shape index (κ3) is 3.26. The van der Waals surface area contributed by atoms with Crippen molar-refractivity contribution in [2.75, 3.05) is 18.0 Å². The van der Waals surface area contributed by atoms with Crippen LogP contribution in [0.2, 0.25) is 0 Å². The molecule has 0 unspecified atom stereocenters. The second-order valence-corrected chi connectivity index (χ2v) is 7.13. The van der Waals surface area contributed by atoms with E-state index in [2.05, 4.69) is 39.6 Å². The summed E-state index contributed by atoms with van der Waals surface area (Å²) in [4.78, 5) is 11.8. The van der Waals surface area contributed by atoms with Crippen molar-refractivity contribution < 1.29 is 0 Å². The van der Waals surface area contributed by atoms with E-state index in [1.807, 2.05) is 24.3 Å². The van der Waals surface area contributed by atoms with Gasteiger partial charge >= 0.3 is 0 Å². The van der Waals surface area contributed by atoms with Crippen molar-refractivity contribution >= 4 is 17.0 Å². The van der Waals surface area contributed by atoms with Gasteiger partial charge < -0.3 is 15.2 Å². The molecule has 1 fully saturated rings. The first-order valence-corrected chi connectivity index (χ1v) is 9.54. The lowest BCUT2D eigenvalue weighted by atomic mass is 10.1. The number of pyridine rings is 1. The lowest BCUT2D eigenvalue weighted by molar-refractivity contribution is 0.482. The first-order chi connectivity index (χ1) is 13.2. The van der Waals surface area contributed by atoms with Crippen LogP contribution in [-0.2, 0) is 0 Å². The molecule has 1 aromatic carbocycles. The normalized spacial score (nSPS) is 18.4. The molecule has 3 aromatic rings. The number of nitrogens with zero attached hydrogens (tertiary/aromatic N) is 5. The first kappa shape index (κ1) is 17.5. The summed E-state index contributed by atoms with van der Waals surface area (Å²) >= 11 is 0. The Morgan fingerprint density at radius 2 is 2.15 bits per heavy atom. The number of aromatic nitrogens is 3. The Hall–Kier alpha value is -2.91. The van der Waals surface area contributed by atoms with E-state index in [9.17, 15) is 0 Å². The summed E-state index contributed by atoms with van der Waals surface area (Å²) in [6.45, 7) is 3.94. The highest BCUT2D eigenvalue weighted by Gasteiger charge is 2.26. The van der Waals surface area contributed by atoms with Crippen molar-refractivity contribution in [2.24, 2.45) is 5.73 Å². The molecule has 0 saturated carbocycles. The summed E-state index contributed by atoms with van der Waals surface area (Å²) in [6.07, 6.45) is 4.67. The van der Waals surface area contributed by atoms with Crippen molar-refractivity contribution in [3.8, 4) is 6.07 Å². The summed E-state index contributed by atoms with van der Waals surface area (Å²) in [6, 6.07) is 14.4. The number of benzene rings is 1. The first-order valence-electron chi connectivity index (χ1n) is 9.54. The van der Waals surface area contributed by atoms with Crippen LogP contribution in [0.1, 0.15) is 43.5 Å². The van der Waals surface area contributed by atoms with Gasteiger partial charge in [0.25, 0.3) is 0 Å². The maximum Gasteiger partial charge on any atom is 0.207 e. The Balaban J connectivity index is 1.84. The summed E-state index contributed by atoms with van der Waals surface area (Å²) in [5.41, 5.74) is 9.85. The van der Waals surface area contributed by atoms with Crippen molar-refractivity contribution in [2.45, 2.75) is 38.3 Å². The predicted molar refractivity (Wildman–Crippen MR) is 107 cm³/mol. The average Bonchev–Trinajstić information content (AvgIpc) is 3.09. The average molecular weight is 360 g/mol. The number of nitrogens with two attached hydrogens (primary N) is 1. The molecular formula is C21H24N6. The van der Waals surface area contributed by atoms with Crippen molar-refractivity contribution in [1.29, 1.82) is 5.26 Å². The van der Waals surface area contributed by atoms with Crippen LogP contribution < -0.4 is 10.6 Å². The molecule has 4 rings (SSSR count). The highest BCUT2D eigenvalue weighted by atomic mass is 15.3. The third-order valence-corrected chi connectivity index (χ3v) is 5.27. The maximum atomic E-state index is 9.07. The number of anilines is 1. The molecule has 27 heavy (non-hydrogen) atoms. The minimum absolute atomic E-state index is 0.0540. The zero-order chi connectivity index (χ0) is 18.8. The maximum absolute atomic E-state index is 9.07. The molecule has 0 bridgehead atoms. The minimum Gasteiger partial charge on any atom is -0.341 e. The fourth-order valence-electron chi connectivity index (χ4n) is 3.95. The predicted octanol–water partition coefficient (Wildman–Crippen LogP) is 3.23. The van der Waals surface area contributed by atoms with Gasteiger partial charge in [-0.3, -0.25) is 4.98 Å². The number of hydrogen-bond donors (Lipinski definition) is 1. The van der Waals surface area contributed by atoms with E-state index in [0.29, 0.717) is 5.56 Å². The van der Waals surface area contributed by atoms with Gasteiger partial charge in [-0.25, -0.2) is 4.98 Å². The molecule has 1 aliphatic rings. The minimum atomic E-state index is 0.0540.